The fourth-order valence-corrected chi connectivity index (χ4v) is 0.572. The molecule has 0 aliphatic carbocycles. The topological polar surface area (TPSA) is 32.3 Å². The van der Waals surface area contributed by atoms with Gasteiger partial charge in [0.2, 0.25) is 0 Å². The Morgan fingerprint density at radius 3 is 3.00 bits per heavy atom. The van der Waals surface area contributed by atoms with Gasteiger partial charge in [0.05, 0.1) is 6.10 Å². The van der Waals surface area contributed by atoms with E-state index in [1.165, 1.54) is 5.31 Å². The van der Waals surface area contributed by atoms with Crippen molar-refractivity contribution in [1.82, 2.24) is 5.31 Å². The molecular formula is C4H9NO. The lowest BCUT2D eigenvalue weighted by atomic mass is 10.3. The van der Waals surface area contributed by atoms with E-state index in [0.717, 1.165) is 13.0 Å². The SMILES string of the molecule is [2H]N1CCC(O)C1. The highest BCUT2D eigenvalue weighted by atomic mass is 16.3. The van der Waals surface area contributed by atoms with Crippen LogP contribution in [0, 0.1) is 0 Å². The monoisotopic (exact) mass is 88.1 g/mol. The molecule has 0 aromatic heterocycles. The molecule has 0 aromatic rings. The summed E-state index contributed by atoms with van der Waals surface area (Å²) in [6, 6.07) is 0. The number of rotatable bonds is 0. The summed E-state index contributed by atoms with van der Waals surface area (Å²) in [5, 5.41) is 10.1. The van der Waals surface area contributed by atoms with Crippen LogP contribution in [0.1, 0.15) is 6.42 Å². The maximum Gasteiger partial charge on any atom is 0.122 e. The molecule has 1 saturated heterocycles. The van der Waals surface area contributed by atoms with Crippen LogP contribution < -0.4 is 5.31 Å². The number of aliphatic hydroxyl groups excluding tert-OH is 1. The lowest BCUT2D eigenvalue weighted by Gasteiger charge is -1.90. The summed E-state index contributed by atoms with van der Waals surface area (Å²) >= 11 is 0. The van der Waals surface area contributed by atoms with E-state index in [1.807, 2.05) is 0 Å². The number of nitrogens with one attached hydrogen (secondary N) is 1. The molecule has 1 aliphatic rings. The third-order valence-electron chi connectivity index (χ3n) is 0.960. The van der Waals surface area contributed by atoms with E-state index in [4.69, 9.17) is 6.52 Å². The van der Waals surface area contributed by atoms with Crippen molar-refractivity contribution in [2.24, 2.45) is 0 Å². The van der Waals surface area contributed by atoms with E-state index in [9.17, 15) is 0 Å². The predicted molar refractivity (Wildman–Crippen MR) is 23.5 cm³/mol. The predicted octanol–water partition coefficient (Wildman–Crippen LogP) is -0.659. The molecule has 0 aromatic carbocycles. The van der Waals surface area contributed by atoms with Crippen LogP contribution in [0.4, 0.5) is 0 Å². The van der Waals surface area contributed by atoms with Crippen molar-refractivity contribution in [1.29, 1.82) is 0 Å². The van der Waals surface area contributed by atoms with Gasteiger partial charge in [-0.1, -0.05) is 0 Å². The standard InChI is InChI=1S/C4H9NO/c6-4-1-2-5-3-4/h4-6H,1-3H2/i/hD. The number of hydrogen-bond donors (Lipinski definition) is 2. The van der Waals surface area contributed by atoms with Crippen molar-refractivity contribution in [2.45, 2.75) is 12.5 Å². The van der Waals surface area contributed by atoms with Crippen LogP contribution in [0.5, 0.6) is 0 Å². The molecule has 0 spiro atoms. The molecule has 36 valence electrons. The number of aliphatic hydroxyl groups is 1. The Bertz CT molecular complexity index is 60.7. The van der Waals surface area contributed by atoms with Gasteiger partial charge in [-0.25, -0.2) is 0 Å². The van der Waals surface area contributed by atoms with Crippen molar-refractivity contribution in [2.75, 3.05) is 13.1 Å². The molecule has 1 aliphatic heterocycles. The van der Waals surface area contributed by atoms with Crippen molar-refractivity contribution in [3.8, 4) is 0 Å². The van der Waals surface area contributed by atoms with Gasteiger partial charge in [0.25, 0.3) is 0 Å². The Kier molecular flexibility index (Phi) is 0.787. The van der Waals surface area contributed by atoms with Gasteiger partial charge >= 0.3 is 0 Å². The molecule has 1 heterocycles. The average Bonchev–Trinajstić information content (AvgIpc) is 1.87. The highest BCUT2D eigenvalue weighted by molar-refractivity contribution is 4.67. The van der Waals surface area contributed by atoms with Gasteiger partial charge in [0, 0.05) is 6.54 Å². The average molecular weight is 88.1 g/mol. The van der Waals surface area contributed by atoms with Crippen molar-refractivity contribution in [3.05, 3.63) is 0 Å². The second-order valence-corrected chi connectivity index (χ2v) is 1.57. The van der Waals surface area contributed by atoms with Crippen molar-refractivity contribution >= 4 is 0 Å². The lowest BCUT2D eigenvalue weighted by molar-refractivity contribution is 0.196. The second-order valence-electron chi connectivity index (χ2n) is 1.57. The Hall–Kier alpha value is -0.0800. The maximum absolute atomic E-state index is 8.74. The molecule has 1 rings (SSSR count). The molecular weight excluding hydrogens is 78.0 g/mol. The fourth-order valence-electron chi connectivity index (χ4n) is 0.572. The first-order chi connectivity index (χ1) is 3.29. The first-order valence-corrected chi connectivity index (χ1v) is 2.21. The highest BCUT2D eigenvalue weighted by Gasteiger charge is 2.08. The zero-order chi connectivity index (χ0) is 5.28. The van der Waals surface area contributed by atoms with Crippen LogP contribution in [-0.4, -0.2) is 24.3 Å². The minimum absolute atomic E-state index is 0.238. The van der Waals surface area contributed by atoms with Crippen molar-refractivity contribution in [3.63, 3.8) is 0 Å². The van der Waals surface area contributed by atoms with Crippen LogP contribution in [0.25, 0.3) is 0 Å². The Labute approximate surface area is 38.6 Å². The summed E-state index contributed by atoms with van der Waals surface area (Å²) in [6.45, 7) is 1.25. The second kappa shape index (κ2) is 1.58. The zero-order valence-corrected chi connectivity index (χ0v) is 3.59. The summed E-state index contributed by atoms with van der Waals surface area (Å²) in [4.78, 5) is 0. The summed E-state index contributed by atoms with van der Waals surface area (Å²) in [5.74, 6) is 0. The minimum Gasteiger partial charge on any atom is -0.392 e. The van der Waals surface area contributed by atoms with Crippen LogP contribution >= 0.6 is 0 Å². The highest BCUT2D eigenvalue weighted by Crippen LogP contribution is 1.93. The van der Waals surface area contributed by atoms with Gasteiger partial charge in [-0.2, -0.15) is 0 Å². The van der Waals surface area contributed by atoms with Crippen molar-refractivity contribution < 1.29 is 6.52 Å². The van der Waals surface area contributed by atoms with Gasteiger partial charge in [0.1, 0.15) is 1.41 Å². The molecule has 2 nitrogen and oxygen atoms in total. The van der Waals surface area contributed by atoms with Crippen LogP contribution in [0.2, 0.25) is 1.41 Å². The lowest BCUT2D eigenvalue weighted by Crippen LogP contribution is -2.11. The molecule has 0 amide bonds. The summed E-state index contributed by atoms with van der Waals surface area (Å²) < 4.78 is 6.94. The normalized spacial score (nSPS) is 40.2. The molecule has 2 heteroatoms. The fraction of sp³-hybridized carbons (Fsp3) is 1.00. The van der Waals surface area contributed by atoms with E-state index in [0.29, 0.717) is 6.54 Å². The summed E-state index contributed by atoms with van der Waals surface area (Å²) in [6.07, 6.45) is 0.529. The van der Waals surface area contributed by atoms with E-state index in [2.05, 4.69) is 0 Å². The van der Waals surface area contributed by atoms with Gasteiger partial charge in [-0.3, -0.25) is 0 Å². The van der Waals surface area contributed by atoms with E-state index < -0.39 is 0 Å². The molecule has 0 radical (unpaired) electrons. The van der Waals surface area contributed by atoms with Gasteiger partial charge in [0.15, 0.2) is 0 Å². The molecule has 1 fully saturated rings. The van der Waals surface area contributed by atoms with Gasteiger partial charge in [-0.15, -0.1) is 0 Å². The quantitative estimate of drug-likeness (QED) is 0.412. The number of β-amino-alcohol motifs (C(OH)–C–C–N with tert-alkyl or cyclic N) is 1. The first-order valence-electron chi connectivity index (χ1n) is 2.65. The Morgan fingerprint density at radius 2 is 2.83 bits per heavy atom. The molecule has 6 heavy (non-hydrogen) atoms. The first kappa shape index (κ1) is 2.99. The molecule has 1 atom stereocenters. The largest absolute Gasteiger partial charge is 0.392 e. The molecule has 1 unspecified atom stereocenters. The van der Waals surface area contributed by atoms with E-state index >= 15 is 0 Å². The van der Waals surface area contributed by atoms with Gasteiger partial charge in [-0.05, 0) is 13.0 Å². The Balaban J connectivity index is 2.26. The van der Waals surface area contributed by atoms with Crippen LogP contribution in [-0.2, 0) is 0 Å². The van der Waals surface area contributed by atoms with Crippen LogP contribution in [0.15, 0.2) is 0 Å². The van der Waals surface area contributed by atoms with Gasteiger partial charge < -0.3 is 10.4 Å². The molecule has 2 N–H and O–H groups in total. The van der Waals surface area contributed by atoms with E-state index in [-0.39, 0.29) is 6.10 Å². The molecule has 0 saturated carbocycles. The third kappa shape index (κ3) is 0.698. The van der Waals surface area contributed by atoms with E-state index in [1.54, 1.807) is 0 Å². The summed E-state index contributed by atoms with van der Waals surface area (Å²) in [7, 11) is 0. The smallest absolute Gasteiger partial charge is 0.122 e. The Morgan fingerprint density at radius 1 is 2.00 bits per heavy atom. The van der Waals surface area contributed by atoms with Crippen LogP contribution in [0.3, 0.4) is 0 Å². The maximum atomic E-state index is 8.74. The zero-order valence-electron chi connectivity index (χ0n) is 4.59. The third-order valence-corrected chi connectivity index (χ3v) is 0.960. The summed E-state index contributed by atoms with van der Waals surface area (Å²) in [5.41, 5.74) is 0. The number of hydrogen-bond acceptors (Lipinski definition) is 2. The molecule has 0 bridgehead atoms. The minimum atomic E-state index is -0.238.